The van der Waals surface area contributed by atoms with Gasteiger partial charge in [-0.3, -0.25) is 0 Å². The summed E-state index contributed by atoms with van der Waals surface area (Å²) in [6.45, 7) is 14.7. The Bertz CT molecular complexity index is 406. The van der Waals surface area contributed by atoms with Crippen LogP contribution in [0.3, 0.4) is 0 Å². The highest BCUT2D eigenvalue weighted by atomic mass is 15.3. The van der Waals surface area contributed by atoms with E-state index in [-0.39, 0.29) is 0 Å². The maximum atomic E-state index is 4.65. The molecule has 126 valence electrons. The number of anilines is 1. The van der Waals surface area contributed by atoms with Crippen LogP contribution < -0.4 is 4.90 Å². The van der Waals surface area contributed by atoms with E-state index in [4.69, 9.17) is 0 Å². The second-order valence-corrected chi connectivity index (χ2v) is 7.64. The highest BCUT2D eigenvalue weighted by molar-refractivity contribution is 5.31. The molecule has 0 bridgehead atoms. The molecule has 0 spiro atoms. The standard InChI is InChI=1S/C19H35N3/c1-7-9-11-17-14-20-18(21-15-17)22(16(3)10-8-2)13-12-19(4,5)6/h14-16H,7-13H2,1-6H3. The normalized spacial score (nSPS) is 13.2. The molecule has 1 unspecified atom stereocenters. The fraction of sp³-hybridized carbons (Fsp3) is 0.789. The van der Waals surface area contributed by atoms with Crippen molar-refractivity contribution in [2.75, 3.05) is 11.4 Å². The summed E-state index contributed by atoms with van der Waals surface area (Å²) in [6.07, 6.45) is 11.1. The monoisotopic (exact) mass is 305 g/mol. The minimum atomic E-state index is 0.339. The Balaban J connectivity index is 2.80. The second kappa shape index (κ2) is 9.12. The maximum absolute atomic E-state index is 4.65. The number of hydrogen-bond acceptors (Lipinski definition) is 3. The van der Waals surface area contributed by atoms with Crippen LogP contribution in [-0.4, -0.2) is 22.6 Å². The number of hydrogen-bond donors (Lipinski definition) is 0. The molecule has 0 aliphatic heterocycles. The van der Waals surface area contributed by atoms with E-state index in [9.17, 15) is 0 Å². The van der Waals surface area contributed by atoms with E-state index in [1.807, 2.05) is 12.4 Å². The molecule has 1 atom stereocenters. The lowest BCUT2D eigenvalue weighted by Gasteiger charge is -2.32. The first kappa shape index (κ1) is 18.9. The van der Waals surface area contributed by atoms with Gasteiger partial charge >= 0.3 is 0 Å². The van der Waals surface area contributed by atoms with Gasteiger partial charge in [0.1, 0.15) is 0 Å². The largest absolute Gasteiger partial charge is 0.338 e. The molecular weight excluding hydrogens is 270 g/mol. The van der Waals surface area contributed by atoms with Crippen LogP contribution in [0.25, 0.3) is 0 Å². The van der Waals surface area contributed by atoms with Gasteiger partial charge in [-0.05, 0) is 43.6 Å². The lowest BCUT2D eigenvalue weighted by molar-refractivity contribution is 0.369. The molecule has 0 saturated carbocycles. The Hall–Kier alpha value is -1.12. The predicted molar refractivity (Wildman–Crippen MR) is 96.4 cm³/mol. The molecule has 0 radical (unpaired) electrons. The van der Waals surface area contributed by atoms with Crippen molar-refractivity contribution in [3.8, 4) is 0 Å². The summed E-state index contributed by atoms with van der Waals surface area (Å²) in [5, 5.41) is 0. The van der Waals surface area contributed by atoms with E-state index in [2.05, 4.69) is 56.4 Å². The van der Waals surface area contributed by atoms with E-state index >= 15 is 0 Å². The number of aryl methyl sites for hydroxylation is 1. The average molecular weight is 306 g/mol. The maximum Gasteiger partial charge on any atom is 0.225 e. The molecule has 0 aromatic carbocycles. The molecule has 1 aromatic heterocycles. The summed E-state index contributed by atoms with van der Waals surface area (Å²) in [6, 6.07) is 0.494. The van der Waals surface area contributed by atoms with Crippen LogP contribution in [-0.2, 0) is 6.42 Å². The number of nitrogens with zero attached hydrogens (tertiary/aromatic N) is 3. The Morgan fingerprint density at radius 1 is 1.09 bits per heavy atom. The van der Waals surface area contributed by atoms with E-state index in [0.717, 1.165) is 25.3 Å². The number of rotatable bonds is 9. The third-order valence-electron chi connectivity index (χ3n) is 4.11. The zero-order chi connectivity index (χ0) is 16.6. The van der Waals surface area contributed by atoms with Crippen LogP contribution in [0.15, 0.2) is 12.4 Å². The first-order valence-corrected chi connectivity index (χ1v) is 8.95. The first-order valence-electron chi connectivity index (χ1n) is 8.95. The lowest BCUT2D eigenvalue weighted by Crippen LogP contribution is -2.36. The van der Waals surface area contributed by atoms with Gasteiger partial charge in [-0.2, -0.15) is 0 Å². The van der Waals surface area contributed by atoms with Crippen molar-refractivity contribution in [3.63, 3.8) is 0 Å². The summed E-state index contributed by atoms with van der Waals surface area (Å²) in [7, 11) is 0. The molecule has 22 heavy (non-hydrogen) atoms. The highest BCUT2D eigenvalue weighted by Gasteiger charge is 2.19. The number of aromatic nitrogens is 2. The third kappa shape index (κ3) is 6.76. The van der Waals surface area contributed by atoms with Crippen molar-refractivity contribution < 1.29 is 0 Å². The van der Waals surface area contributed by atoms with Crippen molar-refractivity contribution >= 4 is 5.95 Å². The summed E-state index contributed by atoms with van der Waals surface area (Å²) in [5.41, 5.74) is 1.59. The van der Waals surface area contributed by atoms with Crippen molar-refractivity contribution in [1.82, 2.24) is 9.97 Å². The van der Waals surface area contributed by atoms with E-state index in [0.29, 0.717) is 11.5 Å². The van der Waals surface area contributed by atoms with Gasteiger partial charge < -0.3 is 4.90 Å². The minimum Gasteiger partial charge on any atom is -0.338 e. The van der Waals surface area contributed by atoms with Crippen molar-refractivity contribution in [1.29, 1.82) is 0 Å². The Morgan fingerprint density at radius 2 is 1.73 bits per heavy atom. The molecule has 0 saturated heterocycles. The van der Waals surface area contributed by atoms with Crippen LogP contribution in [0.2, 0.25) is 0 Å². The van der Waals surface area contributed by atoms with Gasteiger partial charge in [-0.15, -0.1) is 0 Å². The fourth-order valence-electron chi connectivity index (χ4n) is 2.55. The SMILES string of the molecule is CCCCc1cnc(N(CCC(C)(C)C)C(C)CCC)nc1. The summed E-state index contributed by atoms with van der Waals surface area (Å²) in [5.74, 6) is 0.894. The highest BCUT2D eigenvalue weighted by Crippen LogP contribution is 2.22. The van der Waals surface area contributed by atoms with Gasteiger partial charge in [0, 0.05) is 25.0 Å². The average Bonchev–Trinajstić information content (AvgIpc) is 2.45. The van der Waals surface area contributed by atoms with Gasteiger partial charge in [-0.25, -0.2) is 9.97 Å². The third-order valence-corrected chi connectivity index (χ3v) is 4.11. The lowest BCUT2D eigenvalue weighted by atomic mass is 9.92. The molecule has 1 rings (SSSR count). The van der Waals surface area contributed by atoms with Crippen LogP contribution >= 0.6 is 0 Å². The zero-order valence-corrected chi connectivity index (χ0v) is 15.5. The van der Waals surface area contributed by atoms with Crippen molar-refractivity contribution in [3.05, 3.63) is 18.0 Å². The van der Waals surface area contributed by atoms with Gasteiger partial charge in [-0.1, -0.05) is 47.5 Å². The molecule has 1 aromatic rings. The van der Waals surface area contributed by atoms with Crippen molar-refractivity contribution in [2.45, 2.75) is 86.1 Å². The van der Waals surface area contributed by atoms with Gasteiger partial charge in [0.25, 0.3) is 0 Å². The van der Waals surface area contributed by atoms with E-state index in [1.165, 1.54) is 31.2 Å². The molecular formula is C19H35N3. The smallest absolute Gasteiger partial charge is 0.225 e. The van der Waals surface area contributed by atoms with Crippen molar-refractivity contribution in [2.24, 2.45) is 5.41 Å². The topological polar surface area (TPSA) is 29.0 Å². The molecule has 0 aliphatic carbocycles. The van der Waals surface area contributed by atoms with Crippen LogP contribution in [0, 0.1) is 5.41 Å². The Morgan fingerprint density at radius 3 is 2.23 bits per heavy atom. The molecule has 0 amide bonds. The van der Waals surface area contributed by atoms with Gasteiger partial charge in [0.05, 0.1) is 0 Å². The predicted octanol–water partition coefficient (Wildman–Crippen LogP) is 5.25. The van der Waals surface area contributed by atoms with Gasteiger partial charge in [0.15, 0.2) is 0 Å². The Labute approximate surface area is 137 Å². The molecule has 0 fully saturated rings. The van der Waals surface area contributed by atoms with Crippen LogP contribution in [0.5, 0.6) is 0 Å². The summed E-state index contributed by atoms with van der Waals surface area (Å²) in [4.78, 5) is 11.7. The van der Waals surface area contributed by atoms with Crippen LogP contribution in [0.1, 0.15) is 79.2 Å². The molecule has 0 aliphatic rings. The number of unbranched alkanes of at least 4 members (excludes halogenated alkanes) is 1. The summed E-state index contributed by atoms with van der Waals surface area (Å²) >= 11 is 0. The quantitative estimate of drug-likeness (QED) is 0.624. The molecule has 0 N–H and O–H groups in total. The molecule has 3 nitrogen and oxygen atoms in total. The van der Waals surface area contributed by atoms with E-state index < -0.39 is 0 Å². The minimum absolute atomic E-state index is 0.339. The summed E-state index contributed by atoms with van der Waals surface area (Å²) < 4.78 is 0. The Kier molecular flexibility index (Phi) is 7.84. The van der Waals surface area contributed by atoms with Crippen LogP contribution in [0.4, 0.5) is 5.95 Å². The molecule has 3 heteroatoms. The zero-order valence-electron chi connectivity index (χ0n) is 15.5. The first-order chi connectivity index (χ1) is 10.4. The fourth-order valence-corrected chi connectivity index (χ4v) is 2.55. The van der Waals surface area contributed by atoms with E-state index in [1.54, 1.807) is 0 Å². The second-order valence-electron chi connectivity index (χ2n) is 7.64. The van der Waals surface area contributed by atoms with Gasteiger partial charge in [0.2, 0.25) is 5.95 Å². The molecule has 1 heterocycles.